The monoisotopic (exact) mass is 473 g/mol. The standard InChI is InChI=1S/C26H43N5O3/c1-20-18-23(27-31(20)21-6-11-29(12-7-21)24(32)34-25(2,3)4)30-13-8-22(19-26(30)9-5-10-26)28-14-16-33-17-15-28/h18,21-22H,5-17,19H2,1-4H3. The highest BCUT2D eigenvalue weighted by molar-refractivity contribution is 5.68. The molecule has 3 aliphatic heterocycles. The Morgan fingerprint density at radius 3 is 2.35 bits per heavy atom. The van der Waals surface area contributed by atoms with Crippen LogP contribution >= 0.6 is 0 Å². The summed E-state index contributed by atoms with van der Waals surface area (Å²) in [7, 11) is 0. The van der Waals surface area contributed by atoms with Gasteiger partial charge in [-0.1, -0.05) is 0 Å². The molecule has 1 aromatic heterocycles. The summed E-state index contributed by atoms with van der Waals surface area (Å²) in [6, 6.07) is 3.33. The van der Waals surface area contributed by atoms with Gasteiger partial charge in [0.25, 0.3) is 0 Å². The first-order chi connectivity index (χ1) is 16.2. The Morgan fingerprint density at radius 2 is 1.74 bits per heavy atom. The molecule has 1 unspecified atom stereocenters. The number of amides is 1. The van der Waals surface area contributed by atoms with E-state index < -0.39 is 5.60 Å². The van der Waals surface area contributed by atoms with E-state index in [1.54, 1.807) is 0 Å². The quantitative estimate of drug-likeness (QED) is 0.662. The largest absolute Gasteiger partial charge is 0.444 e. The average molecular weight is 474 g/mol. The molecule has 0 bridgehead atoms. The van der Waals surface area contributed by atoms with Crippen LogP contribution in [0.25, 0.3) is 0 Å². The fraction of sp³-hybridized carbons (Fsp3) is 0.846. The molecule has 8 heteroatoms. The van der Waals surface area contributed by atoms with Crippen LogP contribution in [0.5, 0.6) is 0 Å². The average Bonchev–Trinajstić information content (AvgIpc) is 3.18. The van der Waals surface area contributed by atoms with Gasteiger partial charge in [-0.05, 0) is 72.6 Å². The zero-order valence-corrected chi connectivity index (χ0v) is 21.6. The molecule has 190 valence electrons. The molecule has 1 atom stereocenters. The predicted octanol–water partition coefficient (Wildman–Crippen LogP) is 3.99. The number of ether oxygens (including phenoxy) is 2. The molecule has 0 radical (unpaired) electrons. The Hall–Kier alpha value is -1.80. The van der Waals surface area contributed by atoms with E-state index in [2.05, 4.69) is 27.5 Å². The molecular weight excluding hydrogens is 430 g/mol. The van der Waals surface area contributed by atoms with Crippen molar-refractivity contribution < 1.29 is 14.3 Å². The fourth-order valence-corrected chi connectivity index (χ4v) is 6.43. The number of anilines is 1. The minimum atomic E-state index is -0.450. The van der Waals surface area contributed by atoms with Gasteiger partial charge in [0.15, 0.2) is 5.82 Å². The van der Waals surface area contributed by atoms with E-state index in [1.807, 2.05) is 25.7 Å². The van der Waals surface area contributed by atoms with Crippen molar-refractivity contribution in [2.75, 3.05) is 50.8 Å². The van der Waals surface area contributed by atoms with Crippen molar-refractivity contribution in [1.82, 2.24) is 19.6 Å². The normalized spacial score (nSPS) is 26.5. The highest BCUT2D eigenvalue weighted by Gasteiger charge is 2.48. The number of carbonyl (C=O) groups excluding carboxylic acids is 1. The van der Waals surface area contributed by atoms with Gasteiger partial charge < -0.3 is 19.3 Å². The fourth-order valence-electron chi connectivity index (χ4n) is 6.43. The lowest BCUT2D eigenvalue weighted by atomic mass is 9.68. The van der Waals surface area contributed by atoms with Gasteiger partial charge in [0.05, 0.1) is 19.3 Å². The van der Waals surface area contributed by atoms with Crippen LogP contribution in [0, 0.1) is 6.92 Å². The Bertz CT molecular complexity index is 860. The molecule has 1 aliphatic carbocycles. The molecule has 4 fully saturated rings. The lowest BCUT2D eigenvalue weighted by Gasteiger charge is -2.57. The third-order valence-electron chi connectivity index (χ3n) is 8.37. The van der Waals surface area contributed by atoms with Gasteiger partial charge in [0.1, 0.15) is 5.60 Å². The summed E-state index contributed by atoms with van der Waals surface area (Å²) in [6.07, 6.45) is 8.02. The number of hydrogen-bond donors (Lipinski definition) is 0. The molecule has 34 heavy (non-hydrogen) atoms. The number of hydrogen-bond acceptors (Lipinski definition) is 6. The number of rotatable bonds is 3. The van der Waals surface area contributed by atoms with Crippen LogP contribution in [-0.2, 0) is 9.47 Å². The van der Waals surface area contributed by atoms with Crippen molar-refractivity contribution in [3.05, 3.63) is 11.8 Å². The SMILES string of the molecule is Cc1cc(N2CCC(N3CCOCC3)CC23CCC3)nn1C1CCN(C(=O)OC(C)(C)C)CC1. The van der Waals surface area contributed by atoms with Crippen molar-refractivity contribution in [3.8, 4) is 0 Å². The second kappa shape index (κ2) is 9.34. The third kappa shape index (κ3) is 4.81. The smallest absolute Gasteiger partial charge is 0.410 e. The molecule has 4 aliphatic rings. The Morgan fingerprint density at radius 1 is 1.06 bits per heavy atom. The minimum absolute atomic E-state index is 0.195. The van der Waals surface area contributed by atoms with Crippen LogP contribution in [0.3, 0.4) is 0 Å². The van der Waals surface area contributed by atoms with Crippen LogP contribution < -0.4 is 4.90 Å². The highest BCUT2D eigenvalue weighted by atomic mass is 16.6. The first-order valence-electron chi connectivity index (χ1n) is 13.4. The van der Waals surface area contributed by atoms with Gasteiger partial charge in [-0.15, -0.1) is 0 Å². The molecule has 8 nitrogen and oxygen atoms in total. The van der Waals surface area contributed by atoms with E-state index in [0.717, 1.165) is 64.6 Å². The van der Waals surface area contributed by atoms with Crippen molar-refractivity contribution in [2.24, 2.45) is 0 Å². The number of nitrogens with zero attached hydrogens (tertiary/aromatic N) is 5. The van der Waals surface area contributed by atoms with E-state index in [0.29, 0.717) is 12.1 Å². The summed E-state index contributed by atoms with van der Waals surface area (Å²) >= 11 is 0. The Balaban J connectivity index is 1.24. The number of carbonyl (C=O) groups is 1. The number of likely N-dealkylation sites (tertiary alicyclic amines) is 1. The summed E-state index contributed by atoms with van der Waals surface area (Å²) in [6.45, 7) is 14.4. The highest BCUT2D eigenvalue weighted by Crippen LogP contribution is 2.47. The number of morpholine rings is 1. The van der Waals surface area contributed by atoms with Gasteiger partial charge in [0, 0.05) is 56.1 Å². The van der Waals surface area contributed by atoms with E-state index in [9.17, 15) is 4.79 Å². The zero-order chi connectivity index (χ0) is 23.9. The third-order valence-corrected chi connectivity index (χ3v) is 8.37. The van der Waals surface area contributed by atoms with Crippen molar-refractivity contribution >= 4 is 11.9 Å². The number of aromatic nitrogens is 2. The maximum atomic E-state index is 12.5. The van der Waals surface area contributed by atoms with Gasteiger partial charge in [-0.3, -0.25) is 9.58 Å². The summed E-state index contributed by atoms with van der Waals surface area (Å²) < 4.78 is 13.4. The second-order valence-corrected chi connectivity index (χ2v) is 11.8. The molecule has 1 saturated carbocycles. The van der Waals surface area contributed by atoms with E-state index in [4.69, 9.17) is 14.6 Å². The van der Waals surface area contributed by atoms with Crippen LogP contribution in [0.2, 0.25) is 0 Å². The Labute approximate surface area is 204 Å². The summed E-state index contributed by atoms with van der Waals surface area (Å²) in [5.41, 5.74) is 1.07. The lowest BCUT2D eigenvalue weighted by molar-refractivity contribution is -0.00479. The summed E-state index contributed by atoms with van der Waals surface area (Å²) in [5, 5.41) is 5.18. The predicted molar refractivity (Wildman–Crippen MR) is 132 cm³/mol. The molecule has 3 saturated heterocycles. The first kappa shape index (κ1) is 23.9. The van der Waals surface area contributed by atoms with Crippen LogP contribution in [-0.4, -0.2) is 88.8 Å². The molecule has 5 rings (SSSR count). The first-order valence-corrected chi connectivity index (χ1v) is 13.4. The van der Waals surface area contributed by atoms with Gasteiger partial charge in [-0.2, -0.15) is 5.10 Å². The van der Waals surface area contributed by atoms with Gasteiger partial charge in [-0.25, -0.2) is 4.79 Å². The maximum absolute atomic E-state index is 12.5. The second-order valence-electron chi connectivity index (χ2n) is 11.8. The molecule has 0 aromatic carbocycles. The van der Waals surface area contributed by atoms with Gasteiger partial charge in [0.2, 0.25) is 0 Å². The summed E-state index contributed by atoms with van der Waals surface area (Å²) in [5.74, 6) is 1.16. The zero-order valence-electron chi connectivity index (χ0n) is 21.6. The molecule has 0 N–H and O–H groups in total. The van der Waals surface area contributed by atoms with Crippen LogP contribution in [0.4, 0.5) is 10.6 Å². The summed E-state index contributed by atoms with van der Waals surface area (Å²) in [4.78, 5) is 19.6. The minimum Gasteiger partial charge on any atom is -0.444 e. The van der Waals surface area contributed by atoms with Crippen LogP contribution in [0.15, 0.2) is 6.07 Å². The van der Waals surface area contributed by atoms with E-state index in [1.165, 1.54) is 37.8 Å². The van der Waals surface area contributed by atoms with Crippen LogP contribution in [0.1, 0.15) is 77.5 Å². The van der Waals surface area contributed by atoms with E-state index in [-0.39, 0.29) is 11.6 Å². The Kier molecular flexibility index (Phi) is 6.57. The molecular formula is C26H43N5O3. The number of piperidine rings is 2. The number of aryl methyl sites for hydroxylation is 1. The maximum Gasteiger partial charge on any atom is 0.410 e. The van der Waals surface area contributed by atoms with Crippen molar-refractivity contribution in [3.63, 3.8) is 0 Å². The lowest BCUT2D eigenvalue weighted by Crippen LogP contribution is -2.63. The van der Waals surface area contributed by atoms with Crippen molar-refractivity contribution in [2.45, 2.75) is 95.9 Å². The molecule has 1 amide bonds. The van der Waals surface area contributed by atoms with Gasteiger partial charge >= 0.3 is 6.09 Å². The van der Waals surface area contributed by atoms with Crippen molar-refractivity contribution in [1.29, 1.82) is 0 Å². The molecule has 1 aromatic rings. The molecule has 4 heterocycles. The molecule has 1 spiro atoms. The topological polar surface area (TPSA) is 63.1 Å². The van der Waals surface area contributed by atoms with E-state index >= 15 is 0 Å².